The highest BCUT2D eigenvalue weighted by Gasteiger charge is 2.28. The number of benzene rings is 1. The minimum atomic E-state index is -1.24. The van der Waals surface area contributed by atoms with Gasteiger partial charge in [0.15, 0.2) is 11.7 Å². The highest BCUT2D eigenvalue weighted by Crippen LogP contribution is 2.11. The topological polar surface area (TPSA) is 278 Å². The maximum absolute atomic E-state index is 12.9. The normalized spacial score (nSPS) is 13.1. The van der Waals surface area contributed by atoms with Gasteiger partial charge in [-0.15, -0.1) is 23.2 Å². The molecule has 13 N–H and O–H groups in total. The summed E-state index contributed by atoms with van der Waals surface area (Å²) in [7, 11) is 0. The number of phenols is 1. The number of guanidine groups is 1. The number of Topliss-reactive ketones (excluding diaryl/α,β-unsaturated/α-hetero) is 1. The van der Waals surface area contributed by atoms with Crippen LogP contribution >= 0.6 is 23.2 Å². The summed E-state index contributed by atoms with van der Waals surface area (Å²) >= 11 is 10.0. The van der Waals surface area contributed by atoms with Gasteiger partial charge in [-0.3, -0.25) is 24.2 Å². The number of nitrogens with one attached hydrogen (secondary N) is 3. The molecule has 44 heavy (non-hydrogen) atoms. The summed E-state index contributed by atoms with van der Waals surface area (Å²) in [5, 5.41) is 26.4. The second-order valence-electron chi connectivity index (χ2n) is 9.71. The van der Waals surface area contributed by atoms with E-state index in [1.165, 1.54) is 19.1 Å². The van der Waals surface area contributed by atoms with E-state index in [9.17, 15) is 34.2 Å². The molecule has 17 heteroatoms. The minimum Gasteiger partial charge on any atom is -0.508 e. The molecule has 0 saturated carbocycles. The van der Waals surface area contributed by atoms with Crippen molar-refractivity contribution in [1.29, 1.82) is 0 Å². The monoisotopic (exact) mass is 662 g/mol. The molecule has 0 saturated heterocycles. The van der Waals surface area contributed by atoms with Crippen molar-refractivity contribution in [3.63, 3.8) is 0 Å². The van der Waals surface area contributed by atoms with E-state index in [0.717, 1.165) is 5.56 Å². The Balaban J connectivity index is 0.00000278. The quantitative estimate of drug-likeness (QED) is 0.0376. The van der Waals surface area contributed by atoms with Gasteiger partial charge in [0.05, 0.1) is 17.8 Å². The van der Waals surface area contributed by atoms with Crippen molar-refractivity contribution in [1.82, 2.24) is 16.0 Å². The number of aliphatic imine (C=N–C) groups is 1. The summed E-state index contributed by atoms with van der Waals surface area (Å²) < 4.78 is 0. The number of rotatable bonds is 19. The summed E-state index contributed by atoms with van der Waals surface area (Å²) in [6.45, 7) is 2.03. The average Bonchev–Trinajstić information content (AvgIpc) is 2.98. The van der Waals surface area contributed by atoms with Gasteiger partial charge in [-0.2, -0.15) is 0 Å². The lowest BCUT2D eigenvalue weighted by atomic mass is 10.0. The number of amides is 3. The Morgan fingerprint density at radius 1 is 0.864 bits per heavy atom. The summed E-state index contributed by atoms with van der Waals surface area (Å²) in [6.07, 6.45) is 1.90. The zero-order valence-electron chi connectivity index (χ0n) is 24.6. The molecule has 15 nitrogen and oxygen atoms in total. The van der Waals surface area contributed by atoms with Gasteiger partial charge in [-0.25, -0.2) is 4.79 Å². The fraction of sp³-hybridized carbons (Fsp3) is 0.556. The van der Waals surface area contributed by atoms with Crippen LogP contribution in [0.1, 0.15) is 44.6 Å². The summed E-state index contributed by atoms with van der Waals surface area (Å²) in [4.78, 5) is 63.5. The Labute approximate surface area is 266 Å². The van der Waals surface area contributed by atoms with Gasteiger partial charge in [0, 0.05) is 6.54 Å². The predicted octanol–water partition coefficient (Wildman–Crippen LogP) is -0.963. The highest BCUT2D eigenvalue weighted by atomic mass is 35.5. The van der Waals surface area contributed by atoms with Crippen molar-refractivity contribution >= 4 is 58.6 Å². The van der Waals surface area contributed by atoms with Crippen LogP contribution in [0.5, 0.6) is 5.75 Å². The van der Waals surface area contributed by atoms with E-state index in [1.54, 1.807) is 12.1 Å². The first kappa shape index (κ1) is 40.3. The van der Waals surface area contributed by atoms with Crippen LogP contribution in [0.25, 0.3) is 0 Å². The van der Waals surface area contributed by atoms with Crippen molar-refractivity contribution in [2.75, 3.05) is 24.8 Å². The number of hydrogen-bond acceptors (Lipinski definition) is 9. The minimum absolute atomic E-state index is 0.0312. The van der Waals surface area contributed by atoms with E-state index >= 15 is 0 Å². The van der Waals surface area contributed by atoms with Gasteiger partial charge < -0.3 is 49.1 Å². The number of carbonyl (C=O) groups excluding carboxylic acids is 4. The zero-order valence-corrected chi connectivity index (χ0v) is 26.1. The van der Waals surface area contributed by atoms with Crippen molar-refractivity contribution in [2.24, 2.45) is 27.9 Å². The Morgan fingerprint density at radius 2 is 1.43 bits per heavy atom. The third kappa shape index (κ3) is 18.1. The summed E-state index contributed by atoms with van der Waals surface area (Å²) in [6, 6.07) is 2.00. The molecule has 0 heterocycles. The van der Waals surface area contributed by atoms with Crippen molar-refractivity contribution in [2.45, 2.75) is 69.6 Å². The highest BCUT2D eigenvalue weighted by molar-refractivity contribution is 6.35. The van der Waals surface area contributed by atoms with E-state index < -0.39 is 47.9 Å². The third-order valence-corrected chi connectivity index (χ3v) is 6.51. The number of alkyl halides is 2. The van der Waals surface area contributed by atoms with Crippen molar-refractivity contribution in [3.8, 4) is 5.75 Å². The van der Waals surface area contributed by atoms with Crippen LogP contribution in [0, 0.1) is 0 Å². The van der Waals surface area contributed by atoms with Gasteiger partial charge in [0.2, 0.25) is 17.7 Å². The van der Waals surface area contributed by atoms with Crippen molar-refractivity contribution < 1.29 is 34.2 Å². The third-order valence-electron chi connectivity index (χ3n) is 5.92. The lowest BCUT2D eigenvalue weighted by Crippen LogP contribution is -2.56. The molecule has 0 radical (unpaired) electrons. The van der Waals surface area contributed by atoms with E-state index in [2.05, 4.69) is 20.9 Å². The Hall–Kier alpha value is -3.66. The van der Waals surface area contributed by atoms with E-state index in [0.29, 0.717) is 25.8 Å². The summed E-state index contributed by atoms with van der Waals surface area (Å²) in [5.74, 6) is -3.22. The number of nitrogens with two attached hydrogens (primary N) is 4. The van der Waals surface area contributed by atoms with Crippen LogP contribution < -0.4 is 38.9 Å². The number of carboxylic acids is 1. The fourth-order valence-electron chi connectivity index (χ4n) is 3.49. The molecule has 0 aromatic heterocycles. The van der Waals surface area contributed by atoms with E-state index in [-0.39, 0.29) is 55.1 Å². The fourth-order valence-corrected chi connectivity index (χ4v) is 3.78. The number of carboxylic acid groups (broad SMARTS) is 1. The molecule has 1 aromatic rings. The molecular formula is C27H44Cl2N8O7. The van der Waals surface area contributed by atoms with Gasteiger partial charge >= 0.3 is 5.97 Å². The Morgan fingerprint density at radius 3 is 1.93 bits per heavy atom. The number of hydrogen-bond donors (Lipinski definition) is 9. The standard InChI is InChI=1S/C24H40N8O6.C3H4Cl2O/c1-14(30-21(35)17(26)13-15-7-9-16(33)10-8-15)20(34)31-18(5-2-3-11-25)22(36)32-19(23(37)38)6-4-12-29-24(27)28;4-1-3(6)2-5/h7-10,14,17-19,33H,2-6,11-13,25-26H2,1H3,(H,30,35)(H,31,34)(H,32,36)(H,37,38)(H4,27,28,29);1-2H2. The zero-order chi connectivity index (χ0) is 33.7. The number of aliphatic carboxylic acids is 1. The smallest absolute Gasteiger partial charge is 0.326 e. The van der Waals surface area contributed by atoms with Gasteiger partial charge in [-0.1, -0.05) is 12.1 Å². The molecule has 1 rings (SSSR count). The number of aromatic hydroxyl groups is 1. The average molecular weight is 664 g/mol. The molecule has 1 aromatic carbocycles. The van der Waals surface area contributed by atoms with Crippen LogP contribution in [0.2, 0.25) is 0 Å². The molecule has 0 aliphatic carbocycles. The first-order valence-electron chi connectivity index (χ1n) is 13.8. The number of phenolic OH excluding ortho intramolecular Hbond substituents is 1. The maximum Gasteiger partial charge on any atom is 0.326 e. The number of ketones is 1. The van der Waals surface area contributed by atoms with Crippen LogP contribution in [-0.2, 0) is 30.4 Å². The van der Waals surface area contributed by atoms with Crippen LogP contribution in [-0.4, -0.2) is 94.7 Å². The molecule has 3 amide bonds. The molecule has 0 spiro atoms. The second-order valence-corrected chi connectivity index (χ2v) is 10.2. The predicted molar refractivity (Wildman–Crippen MR) is 168 cm³/mol. The number of carbonyl (C=O) groups is 5. The molecular weight excluding hydrogens is 619 g/mol. The van der Waals surface area contributed by atoms with Crippen LogP contribution in [0.4, 0.5) is 0 Å². The molecule has 0 fully saturated rings. The maximum atomic E-state index is 12.9. The molecule has 0 aliphatic heterocycles. The molecule has 0 bridgehead atoms. The number of nitrogens with zero attached hydrogens (tertiary/aromatic N) is 1. The lowest BCUT2D eigenvalue weighted by Gasteiger charge is -2.24. The van der Waals surface area contributed by atoms with Gasteiger partial charge in [0.1, 0.15) is 23.9 Å². The largest absolute Gasteiger partial charge is 0.508 e. The van der Waals surface area contributed by atoms with Gasteiger partial charge in [-0.05, 0) is 69.7 Å². The summed E-state index contributed by atoms with van der Waals surface area (Å²) in [5.41, 5.74) is 22.7. The van der Waals surface area contributed by atoms with Crippen LogP contribution in [0.3, 0.4) is 0 Å². The first-order chi connectivity index (χ1) is 20.7. The van der Waals surface area contributed by atoms with Crippen LogP contribution in [0.15, 0.2) is 29.3 Å². The molecule has 248 valence electrons. The van der Waals surface area contributed by atoms with E-state index in [4.69, 9.17) is 46.1 Å². The van der Waals surface area contributed by atoms with E-state index in [1.807, 2.05) is 0 Å². The first-order valence-corrected chi connectivity index (χ1v) is 14.9. The molecule has 4 unspecified atom stereocenters. The molecule has 4 atom stereocenters. The number of unbranched alkanes of at least 4 members (excludes halogenated alkanes) is 1. The molecule has 0 aliphatic rings. The van der Waals surface area contributed by atoms with Crippen molar-refractivity contribution in [3.05, 3.63) is 29.8 Å². The lowest BCUT2D eigenvalue weighted by molar-refractivity contribution is -0.142. The number of halogens is 2. The van der Waals surface area contributed by atoms with Gasteiger partial charge in [0.25, 0.3) is 0 Å². The Bertz CT molecular complexity index is 1080. The Kier molecular flexibility index (Phi) is 20.9. The SMILES string of the molecule is CC(NC(=O)C(N)Cc1ccc(O)cc1)C(=O)NC(CCCCN)C(=O)NC(CCCN=C(N)N)C(=O)O.O=C(CCl)CCl. The second kappa shape index (κ2) is 22.8.